The third-order valence-electron chi connectivity index (χ3n) is 4.49. The summed E-state index contributed by atoms with van der Waals surface area (Å²) in [7, 11) is 0. The topological polar surface area (TPSA) is 62.2 Å². The van der Waals surface area contributed by atoms with Crippen molar-refractivity contribution in [2.75, 3.05) is 11.9 Å². The lowest BCUT2D eigenvalue weighted by molar-refractivity contribution is -0.149. The zero-order valence-corrected chi connectivity index (χ0v) is 12.8. The van der Waals surface area contributed by atoms with Crippen LogP contribution in [0.15, 0.2) is 24.3 Å². The first-order chi connectivity index (χ1) is 10.2. The van der Waals surface area contributed by atoms with Crippen LogP contribution in [0.2, 0.25) is 0 Å². The average Bonchev–Trinajstić information content (AvgIpc) is 2.74. The first kappa shape index (κ1) is 14.3. The largest absolute Gasteiger partial charge is 0.481 e. The zero-order valence-electron chi connectivity index (χ0n) is 12.0. The average molecular weight is 304 g/mol. The molecule has 3 rings (SSSR count). The van der Waals surface area contributed by atoms with Crippen molar-refractivity contribution < 1.29 is 9.90 Å². The standard InChI is InChI=1S/C16H20N2O2S/c19-15(20)16(9-5-1-2-6-10-16)11-17-14-12-7-3-4-8-13(12)18-21-14/h3-4,7-8,17H,1-2,5-6,9-11H2,(H,19,20). The maximum Gasteiger partial charge on any atom is 0.311 e. The van der Waals surface area contributed by atoms with Gasteiger partial charge in [0.15, 0.2) is 0 Å². The molecule has 4 nitrogen and oxygen atoms in total. The number of carboxylic acids is 1. The fraction of sp³-hybridized carbons (Fsp3) is 0.500. The second-order valence-corrected chi connectivity index (χ2v) is 6.66. The van der Waals surface area contributed by atoms with Crippen LogP contribution in [0.3, 0.4) is 0 Å². The highest BCUT2D eigenvalue weighted by Crippen LogP contribution is 2.37. The molecule has 0 spiro atoms. The predicted molar refractivity (Wildman–Crippen MR) is 85.9 cm³/mol. The SMILES string of the molecule is O=C(O)C1(CNc2snc3ccccc23)CCCCCC1. The van der Waals surface area contributed by atoms with Crippen molar-refractivity contribution in [3.05, 3.63) is 24.3 Å². The highest BCUT2D eigenvalue weighted by atomic mass is 32.1. The van der Waals surface area contributed by atoms with Gasteiger partial charge in [0.05, 0.1) is 10.9 Å². The number of benzene rings is 1. The molecule has 2 aromatic rings. The Bertz CT molecular complexity index is 630. The van der Waals surface area contributed by atoms with Gasteiger partial charge in [-0.05, 0) is 36.5 Å². The summed E-state index contributed by atoms with van der Waals surface area (Å²) in [6.07, 6.45) is 5.87. The van der Waals surface area contributed by atoms with Gasteiger partial charge in [0.25, 0.3) is 0 Å². The second-order valence-electron chi connectivity index (χ2n) is 5.88. The van der Waals surface area contributed by atoms with Crippen LogP contribution in [0.5, 0.6) is 0 Å². The van der Waals surface area contributed by atoms with Crippen LogP contribution in [-0.4, -0.2) is 22.0 Å². The number of aliphatic carboxylic acids is 1. The molecule has 1 fully saturated rings. The van der Waals surface area contributed by atoms with E-state index in [-0.39, 0.29) is 0 Å². The molecule has 0 bridgehead atoms. The number of rotatable bonds is 4. The van der Waals surface area contributed by atoms with E-state index in [4.69, 9.17) is 0 Å². The number of carbonyl (C=O) groups is 1. The number of carboxylic acid groups (broad SMARTS) is 1. The number of nitrogens with zero attached hydrogens (tertiary/aromatic N) is 1. The predicted octanol–water partition coefficient (Wildman–Crippen LogP) is 4.13. The van der Waals surface area contributed by atoms with Crippen LogP contribution in [0, 0.1) is 5.41 Å². The van der Waals surface area contributed by atoms with Gasteiger partial charge in [0, 0.05) is 11.9 Å². The molecular weight excluding hydrogens is 284 g/mol. The fourth-order valence-corrected chi connectivity index (χ4v) is 3.89. The van der Waals surface area contributed by atoms with Crippen molar-refractivity contribution in [2.45, 2.75) is 38.5 Å². The summed E-state index contributed by atoms with van der Waals surface area (Å²) in [5.74, 6) is -0.661. The summed E-state index contributed by atoms with van der Waals surface area (Å²) in [5.41, 5.74) is 0.344. The Balaban J connectivity index is 1.79. The number of hydrogen-bond donors (Lipinski definition) is 2. The first-order valence-corrected chi connectivity index (χ1v) is 8.30. The molecule has 0 unspecified atom stereocenters. The molecule has 0 aliphatic heterocycles. The van der Waals surface area contributed by atoms with E-state index < -0.39 is 11.4 Å². The Labute approximate surface area is 128 Å². The van der Waals surface area contributed by atoms with Gasteiger partial charge < -0.3 is 10.4 Å². The molecule has 5 heteroatoms. The summed E-state index contributed by atoms with van der Waals surface area (Å²) in [6, 6.07) is 7.97. The highest BCUT2D eigenvalue weighted by molar-refractivity contribution is 7.11. The summed E-state index contributed by atoms with van der Waals surface area (Å²) in [4.78, 5) is 11.8. The van der Waals surface area contributed by atoms with E-state index >= 15 is 0 Å². The maximum absolute atomic E-state index is 11.8. The molecule has 1 aromatic heterocycles. The van der Waals surface area contributed by atoms with Gasteiger partial charge >= 0.3 is 5.97 Å². The first-order valence-electron chi connectivity index (χ1n) is 7.53. The number of nitrogens with one attached hydrogen (secondary N) is 1. The van der Waals surface area contributed by atoms with E-state index in [0.717, 1.165) is 54.4 Å². The van der Waals surface area contributed by atoms with Gasteiger partial charge in [-0.3, -0.25) is 4.79 Å². The summed E-state index contributed by atoms with van der Waals surface area (Å²) >= 11 is 1.41. The minimum absolute atomic E-state index is 0.495. The van der Waals surface area contributed by atoms with E-state index in [9.17, 15) is 9.90 Å². The third kappa shape index (κ3) is 2.88. The summed E-state index contributed by atoms with van der Waals surface area (Å²) in [5, 5.41) is 15.1. The van der Waals surface area contributed by atoms with Gasteiger partial charge in [-0.1, -0.05) is 37.8 Å². The smallest absolute Gasteiger partial charge is 0.311 e. The van der Waals surface area contributed by atoms with Crippen molar-refractivity contribution in [1.29, 1.82) is 0 Å². The Morgan fingerprint density at radius 1 is 1.24 bits per heavy atom. The van der Waals surface area contributed by atoms with E-state index in [1.165, 1.54) is 11.5 Å². The molecule has 0 amide bonds. The van der Waals surface area contributed by atoms with Gasteiger partial charge in [-0.2, -0.15) is 4.37 Å². The van der Waals surface area contributed by atoms with Gasteiger partial charge in [-0.15, -0.1) is 0 Å². The van der Waals surface area contributed by atoms with Crippen molar-refractivity contribution in [1.82, 2.24) is 4.37 Å². The van der Waals surface area contributed by atoms with E-state index in [2.05, 4.69) is 9.69 Å². The zero-order chi connectivity index (χ0) is 14.7. The van der Waals surface area contributed by atoms with Gasteiger partial charge in [0.2, 0.25) is 0 Å². The Kier molecular flexibility index (Phi) is 4.10. The third-order valence-corrected chi connectivity index (χ3v) is 5.32. The van der Waals surface area contributed by atoms with Crippen LogP contribution in [-0.2, 0) is 4.79 Å². The minimum atomic E-state index is -0.661. The van der Waals surface area contributed by atoms with E-state index in [1.54, 1.807) is 0 Å². The van der Waals surface area contributed by atoms with Gasteiger partial charge in [-0.25, -0.2) is 0 Å². The normalized spacial score (nSPS) is 18.3. The van der Waals surface area contributed by atoms with E-state index in [0.29, 0.717) is 6.54 Å². The second kappa shape index (κ2) is 6.02. The molecule has 2 N–H and O–H groups in total. The molecule has 1 aliphatic rings. The van der Waals surface area contributed by atoms with Crippen molar-refractivity contribution >= 4 is 33.4 Å². The fourth-order valence-electron chi connectivity index (χ4n) is 3.14. The molecule has 0 saturated heterocycles. The van der Waals surface area contributed by atoms with Crippen molar-refractivity contribution in [3.63, 3.8) is 0 Å². The van der Waals surface area contributed by atoms with Gasteiger partial charge in [0.1, 0.15) is 5.00 Å². The monoisotopic (exact) mass is 304 g/mol. The molecule has 1 saturated carbocycles. The Morgan fingerprint density at radius 3 is 2.67 bits per heavy atom. The molecular formula is C16H20N2O2S. The Hall–Kier alpha value is -1.62. The maximum atomic E-state index is 11.8. The van der Waals surface area contributed by atoms with Crippen molar-refractivity contribution in [2.24, 2.45) is 5.41 Å². The number of fused-ring (bicyclic) bond motifs is 1. The Morgan fingerprint density at radius 2 is 1.95 bits per heavy atom. The van der Waals surface area contributed by atoms with Crippen LogP contribution in [0.1, 0.15) is 38.5 Å². The molecule has 0 radical (unpaired) electrons. The highest BCUT2D eigenvalue weighted by Gasteiger charge is 2.38. The lowest BCUT2D eigenvalue weighted by Crippen LogP contribution is -2.37. The van der Waals surface area contributed by atoms with Crippen LogP contribution in [0.4, 0.5) is 5.00 Å². The summed E-state index contributed by atoms with van der Waals surface area (Å²) in [6.45, 7) is 0.495. The molecule has 1 aliphatic carbocycles. The number of aromatic nitrogens is 1. The minimum Gasteiger partial charge on any atom is -0.481 e. The molecule has 21 heavy (non-hydrogen) atoms. The molecule has 0 atom stereocenters. The lowest BCUT2D eigenvalue weighted by atomic mass is 9.80. The molecule has 1 aromatic carbocycles. The van der Waals surface area contributed by atoms with Crippen molar-refractivity contribution in [3.8, 4) is 0 Å². The molecule has 1 heterocycles. The van der Waals surface area contributed by atoms with Crippen LogP contribution >= 0.6 is 11.5 Å². The quantitative estimate of drug-likeness (QED) is 0.834. The molecule has 112 valence electrons. The lowest BCUT2D eigenvalue weighted by Gasteiger charge is -2.28. The summed E-state index contributed by atoms with van der Waals surface area (Å²) < 4.78 is 4.40. The van der Waals surface area contributed by atoms with Crippen LogP contribution in [0.25, 0.3) is 10.9 Å². The van der Waals surface area contributed by atoms with Crippen LogP contribution < -0.4 is 5.32 Å². The number of anilines is 1. The van der Waals surface area contributed by atoms with E-state index in [1.807, 2.05) is 24.3 Å². The number of hydrogen-bond acceptors (Lipinski definition) is 4.